The predicted molar refractivity (Wildman–Crippen MR) is 92.9 cm³/mol. The zero-order valence-corrected chi connectivity index (χ0v) is 14.9. The Bertz CT molecular complexity index is 268. The fraction of sp³-hybridized carbons (Fsp3) is 0.944. The Labute approximate surface area is 135 Å². The molecule has 0 aliphatic carbocycles. The highest BCUT2D eigenvalue weighted by Crippen LogP contribution is 2.45. The fourth-order valence-corrected chi connectivity index (χ4v) is 3.92. The minimum Gasteiger partial charge on any atom is -0.468 e. The van der Waals surface area contributed by atoms with Gasteiger partial charge in [0.2, 0.25) is 0 Å². The molecule has 1 aliphatic rings. The first-order valence-corrected chi connectivity index (χ1v) is 9.97. The standard InChI is InChI=1S/C18H34O2S/c1-3-4-5-6-7-8-9-10-11-12-13-14-15-16-17(21-16)18(19)20-2/h16-17H,3-15H2,1-2H3. The van der Waals surface area contributed by atoms with Crippen LogP contribution in [0.1, 0.15) is 90.4 Å². The summed E-state index contributed by atoms with van der Waals surface area (Å²) in [6.07, 6.45) is 17.9. The third kappa shape index (κ3) is 9.44. The molecule has 0 bridgehead atoms. The lowest BCUT2D eigenvalue weighted by molar-refractivity contribution is -0.139. The molecule has 0 amide bonds. The molecule has 0 spiro atoms. The largest absolute Gasteiger partial charge is 0.468 e. The molecule has 0 radical (unpaired) electrons. The van der Waals surface area contributed by atoms with Crippen molar-refractivity contribution in [3.8, 4) is 0 Å². The molecule has 0 aromatic rings. The van der Waals surface area contributed by atoms with E-state index < -0.39 is 0 Å². The fourth-order valence-electron chi connectivity index (χ4n) is 2.87. The first-order chi connectivity index (χ1) is 10.3. The van der Waals surface area contributed by atoms with Gasteiger partial charge in [0.15, 0.2) is 0 Å². The van der Waals surface area contributed by atoms with Crippen molar-refractivity contribution in [3.63, 3.8) is 0 Å². The van der Waals surface area contributed by atoms with Crippen LogP contribution in [-0.2, 0) is 9.53 Å². The number of hydrogen-bond donors (Lipinski definition) is 0. The van der Waals surface area contributed by atoms with E-state index in [1.54, 1.807) is 11.8 Å². The third-order valence-corrected chi connectivity index (χ3v) is 5.72. The van der Waals surface area contributed by atoms with Crippen LogP contribution >= 0.6 is 11.8 Å². The van der Waals surface area contributed by atoms with Gasteiger partial charge in [-0.05, 0) is 6.42 Å². The van der Waals surface area contributed by atoms with Gasteiger partial charge in [0.1, 0.15) is 5.25 Å². The molecule has 0 N–H and O–H groups in total. The van der Waals surface area contributed by atoms with E-state index in [4.69, 9.17) is 4.74 Å². The Morgan fingerprint density at radius 2 is 1.33 bits per heavy atom. The van der Waals surface area contributed by atoms with Crippen molar-refractivity contribution in [3.05, 3.63) is 0 Å². The molecular formula is C18H34O2S. The Morgan fingerprint density at radius 1 is 0.857 bits per heavy atom. The number of ether oxygens (including phenoxy) is 1. The van der Waals surface area contributed by atoms with Gasteiger partial charge in [0.25, 0.3) is 0 Å². The molecule has 1 heterocycles. The second-order valence-corrected chi connectivity index (χ2v) is 7.68. The summed E-state index contributed by atoms with van der Waals surface area (Å²) in [6.45, 7) is 2.28. The number of hydrogen-bond acceptors (Lipinski definition) is 3. The van der Waals surface area contributed by atoms with Crippen molar-refractivity contribution in [2.75, 3.05) is 7.11 Å². The minimum absolute atomic E-state index is 0.0241. The molecule has 0 saturated carbocycles. The summed E-state index contributed by atoms with van der Waals surface area (Å²) in [5.74, 6) is -0.0241. The van der Waals surface area contributed by atoms with Gasteiger partial charge >= 0.3 is 5.97 Å². The molecule has 2 atom stereocenters. The van der Waals surface area contributed by atoms with Crippen LogP contribution in [0, 0.1) is 0 Å². The van der Waals surface area contributed by atoms with Crippen LogP contribution in [0.2, 0.25) is 0 Å². The van der Waals surface area contributed by atoms with E-state index in [0.29, 0.717) is 5.25 Å². The maximum Gasteiger partial charge on any atom is 0.319 e. The quantitative estimate of drug-likeness (QED) is 0.232. The lowest BCUT2D eigenvalue weighted by atomic mass is 10.0. The van der Waals surface area contributed by atoms with Crippen LogP contribution in [0.5, 0.6) is 0 Å². The second kappa shape index (κ2) is 12.4. The van der Waals surface area contributed by atoms with E-state index in [1.165, 1.54) is 90.6 Å². The third-order valence-electron chi connectivity index (χ3n) is 4.36. The molecule has 0 aromatic carbocycles. The van der Waals surface area contributed by atoms with E-state index >= 15 is 0 Å². The van der Waals surface area contributed by atoms with Crippen molar-refractivity contribution in [2.45, 2.75) is 101 Å². The minimum atomic E-state index is -0.0241. The van der Waals surface area contributed by atoms with E-state index in [0.717, 1.165) is 0 Å². The van der Waals surface area contributed by atoms with Gasteiger partial charge in [0.05, 0.1) is 7.11 Å². The Balaban J connectivity index is 1.73. The first-order valence-electron chi connectivity index (χ1n) is 9.03. The van der Waals surface area contributed by atoms with Crippen molar-refractivity contribution in [1.82, 2.24) is 0 Å². The number of rotatable bonds is 14. The summed E-state index contributed by atoms with van der Waals surface area (Å²) < 4.78 is 4.76. The van der Waals surface area contributed by atoms with E-state index in [2.05, 4.69) is 6.92 Å². The number of methoxy groups -OCH3 is 1. The molecule has 2 unspecified atom stereocenters. The number of thioether (sulfide) groups is 1. The highest BCUT2D eigenvalue weighted by molar-refractivity contribution is 8.08. The van der Waals surface area contributed by atoms with Crippen LogP contribution in [0.25, 0.3) is 0 Å². The van der Waals surface area contributed by atoms with Crippen LogP contribution in [0.3, 0.4) is 0 Å². The maximum atomic E-state index is 11.3. The Hall–Kier alpha value is -0.180. The monoisotopic (exact) mass is 314 g/mol. The summed E-state index contributed by atoms with van der Waals surface area (Å²) in [5, 5.41) is 0.711. The molecule has 2 nitrogen and oxygen atoms in total. The average molecular weight is 315 g/mol. The number of esters is 1. The zero-order valence-electron chi connectivity index (χ0n) is 14.1. The highest BCUT2D eigenvalue weighted by atomic mass is 32.2. The van der Waals surface area contributed by atoms with Gasteiger partial charge in [0, 0.05) is 5.25 Å². The number of unbranched alkanes of at least 4 members (excludes halogenated alkanes) is 11. The van der Waals surface area contributed by atoms with Gasteiger partial charge < -0.3 is 4.74 Å². The second-order valence-electron chi connectivity index (χ2n) is 6.30. The van der Waals surface area contributed by atoms with Gasteiger partial charge in [-0.3, -0.25) is 4.79 Å². The normalized spacial score (nSPS) is 20.5. The van der Waals surface area contributed by atoms with Gasteiger partial charge in [-0.25, -0.2) is 0 Å². The molecule has 0 aromatic heterocycles. The summed E-state index contributed by atoms with van der Waals surface area (Å²) in [5.41, 5.74) is 0. The highest BCUT2D eigenvalue weighted by Gasteiger charge is 2.44. The van der Waals surface area contributed by atoms with E-state index in [9.17, 15) is 4.79 Å². The SMILES string of the molecule is CCCCCCCCCCCCCCC1SC1C(=O)OC. The Kier molecular flexibility index (Phi) is 11.1. The van der Waals surface area contributed by atoms with Gasteiger partial charge in [-0.2, -0.15) is 0 Å². The lowest BCUT2D eigenvalue weighted by Gasteiger charge is -2.02. The summed E-state index contributed by atoms with van der Waals surface area (Å²) in [6, 6.07) is 0. The van der Waals surface area contributed by atoms with Gasteiger partial charge in [-0.15, -0.1) is 11.8 Å². The van der Waals surface area contributed by atoms with Crippen LogP contribution in [0.4, 0.5) is 0 Å². The summed E-state index contributed by atoms with van der Waals surface area (Å²) in [4.78, 5) is 11.3. The first kappa shape index (κ1) is 18.9. The predicted octanol–water partition coefficient (Wildman–Crippen LogP) is 5.73. The smallest absolute Gasteiger partial charge is 0.319 e. The summed E-state index contributed by atoms with van der Waals surface area (Å²) in [7, 11) is 1.49. The zero-order chi connectivity index (χ0) is 15.3. The number of carbonyl (C=O) groups is 1. The number of carbonyl (C=O) groups excluding carboxylic acids is 1. The van der Waals surface area contributed by atoms with Crippen molar-refractivity contribution >= 4 is 17.7 Å². The molecule has 21 heavy (non-hydrogen) atoms. The molecular weight excluding hydrogens is 280 g/mol. The molecule has 1 rings (SSSR count). The van der Waals surface area contributed by atoms with Crippen LogP contribution < -0.4 is 0 Å². The van der Waals surface area contributed by atoms with Crippen LogP contribution in [0.15, 0.2) is 0 Å². The maximum absolute atomic E-state index is 11.3. The van der Waals surface area contributed by atoms with Gasteiger partial charge in [-0.1, -0.05) is 84.0 Å². The van der Waals surface area contributed by atoms with Crippen molar-refractivity contribution < 1.29 is 9.53 Å². The topological polar surface area (TPSA) is 26.3 Å². The average Bonchev–Trinajstić information content (AvgIpc) is 3.27. The molecule has 1 fully saturated rings. The molecule has 1 aliphatic heterocycles. The van der Waals surface area contributed by atoms with Crippen molar-refractivity contribution in [2.24, 2.45) is 0 Å². The van der Waals surface area contributed by atoms with Crippen molar-refractivity contribution in [1.29, 1.82) is 0 Å². The van der Waals surface area contributed by atoms with Crippen LogP contribution in [-0.4, -0.2) is 23.6 Å². The van der Waals surface area contributed by atoms with E-state index in [-0.39, 0.29) is 11.2 Å². The molecule has 124 valence electrons. The molecule has 3 heteroatoms. The molecule has 1 saturated heterocycles. The van der Waals surface area contributed by atoms with E-state index in [1.807, 2.05) is 0 Å². The lowest BCUT2D eigenvalue weighted by Crippen LogP contribution is -2.10. The summed E-state index contributed by atoms with van der Waals surface area (Å²) >= 11 is 1.78. The Morgan fingerprint density at radius 3 is 1.81 bits per heavy atom.